The predicted molar refractivity (Wildman–Crippen MR) is 148 cm³/mol. The number of fused-ring (bicyclic) bond motifs is 1. The first-order valence-corrected chi connectivity index (χ1v) is 12.9. The van der Waals surface area contributed by atoms with E-state index in [0.717, 1.165) is 17.6 Å². The van der Waals surface area contributed by atoms with Gasteiger partial charge in [-0.25, -0.2) is 4.79 Å². The Labute approximate surface area is 233 Å². The minimum absolute atomic E-state index is 0.234. The highest BCUT2D eigenvalue weighted by Gasteiger charge is 2.39. The molecule has 1 aromatic heterocycles. The van der Waals surface area contributed by atoms with Crippen LogP contribution in [0.5, 0.6) is 11.5 Å². The van der Waals surface area contributed by atoms with Gasteiger partial charge >= 0.3 is 23.5 Å². The fraction of sp³-hybridized carbons (Fsp3) is 0.467. The second-order valence-electron chi connectivity index (χ2n) is 10.2. The van der Waals surface area contributed by atoms with Crippen molar-refractivity contribution in [1.29, 1.82) is 0 Å². The highest BCUT2D eigenvalue weighted by molar-refractivity contribution is 5.87. The molecule has 10 nitrogen and oxygen atoms in total. The monoisotopic (exact) mass is 558 g/mol. The van der Waals surface area contributed by atoms with Crippen LogP contribution in [0, 0.1) is 0 Å². The maximum Gasteiger partial charge on any atom is 0.336 e. The lowest BCUT2D eigenvalue weighted by Gasteiger charge is -2.34. The third kappa shape index (κ3) is 10.7. The molecule has 0 aliphatic carbocycles. The zero-order valence-corrected chi connectivity index (χ0v) is 24.1. The fourth-order valence-corrected chi connectivity index (χ4v) is 4.05. The van der Waals surface area contributed by atoms with E-state index in [1.54, 1.807) is 12.1 Å². The van der Waals surface area contributed by atoms with Gasteiger partial charge in [0.1, 0.15) is 29.8 Å². The van der Waals surface area contributed by atoms with E-state index < -0.39 is 41.3 Å². The predicted octanol–water partition coefficient (Wildman–Crippen LogP) is 4.79. The summed E-state index contributed by atoms with van der Waals surface area (Å²) in [7, 11) is 0. The molecular weight excluding hydrogens is 520 g/mol. The topological polar surface area (TPSA) is 139 Å². The lowest BCUT2D eigenvalue weighted by atomic mass is 9.92. The van der Waals surface area contributed by atoms with Crippen molar-refractivity contribution in [3.05, 3.63) is 58.0 Å². The average Bonchev–Trinajstić information content (AvgIpc) is 2.80. The molecule has 10 heteroatoms. The summed E-state index contributed by atoms with van der Waals surface area (Å²) in [5.74, 6) is -1.01. The van der Waals surface area contributed by atoms with Crippen molar-refractivity contribution >= 4 is 28.9 Å². The number of rotatable bonds is 13. The van der Waals surface area contributed by atoms with Crippen LogP contribution < -0.4 is 15.1 Å². The van der Waals surface area contributed by atoms with Crippen LogP contribution in [-0.4, -0.2) is 47.4 Å². The Kier molecular flexibility index (Phi) is 11.7. The number of hydrogen-bond acceptors (Lipinski definition) is 10. The Bertz CT molecular complexity index is 1330. The van der Waals surface area contributed by atoms with Gasteiger partial charge in [-0.05, 0) is 52.7 Å². The molecule has 1 N–H and O–H groups in total. The summed E-state index contributed by atoms with van der Waals surface area (Å²) in [4.78, 5) is 46.4. The molecule has 0 aliphatic heterocycles. The van der Waals surface area contributed by atoms with E-state index in [4.69, 9.17) is 23.4 Å². The number of allylic oxidation sites excluding steroid dienone is 2. The lowest BCUT2D eigenvalue weighted by Crippen LogP contribution is -2.49. The fourth-order valence-electron chi connectivity index (χ4n) is 4.05. The molecule has 218 valence electrons. The summed E-state index contributed by atoms with van der Waals surface area (Å²) in [5, 5.41) is 11.0. The summed E-state index contributed by atoms with van der Waals surface area (Å²) in [5.41, 5.74) is 0.268. The van der Waals surface area contributed by atoms with E-state index in [1.165, 1.54) is 46.8 Å². The highest BCUT2D eigenvalue weighted by Crippen LogP contribution is 2.31. The van der Waals surface area contributed by atoms with Gasteiger partial charge in [-0.1, -0.05) is 17.2 Å². The molecule has 0 saturated carbocycles. The molecule has 0 aliphatic rings. The van der Waals surface area contributed by atoms with Crippen molar-refractivity contribution in [1.82, 2.24) is 0 Å². The SMILES string of the molecule is CC(=O)Oc1cc(OC/C=C(\C)CC/C=C(\C)C[C@H](OC(C)=O)[C@@H](OC(C)=O)C(C)(C)O)cc2oc(=O)ccc12. The van der Waals surface area contributed by atoms with Gasteiger partial charge in [-0.2, -0.15) is 0 Å². The van der Waals surface area contributed by atoms with Crippen molar-refractivity contribution in [3.8, 4) is 11.5 Å². The Morgan fingerprint density at radius 2 is 1.62 bits per heavy atom. The summed E-state index contributed by atoms with van der Waals surface area (Å²) in [6.07, 6.45) is 3.75. The van der Waals surface area contributed by atoms with E-state index in [9.17, 15) is 24.3 Å². The van der Waals surface area contributed by atoms with Crippen LogP contribution >= 0.6 is 0 Å². The average molecular weight is 559 g/mol. The first kappa shape index (κ1) is 32.3. The van der Waals surface area contributed by atoms with Gasteiger partial charge in [0.2, 0.25) is 0 Å². The molecule has 1 heterocycles. The van der Waals surface area contributed by atoms with Crippen LogP contribution in [-0.2, 0) is 23.9 Å². The van der Waals surface area contributed by atoms with Gasteiger partial charge < -0.3 is 28.5 Å². The molecule has 0 radical (unpaired) electrons. The summed E-state index contributed by atoms with van der Waals surface area (Å²) in [6.45, 7) is 10.9. The standard InChI is InChI=1S/C30H38O10/c1-18(9-8-10-19(2)15-27(38-21(4)32)29(30(6,7)35)39-22(5)33)13-14-36-23-16-25(37-20(3)31)24-11-12-28(34)40-26(24)17-23/h10-13,16-17,27,29,35H,8-9,14-15H2,1-7H3/b18-13+,19-10+/t27-,29+/m0/s1. The third-order valence-corrected chi connectivity index (χ3v) is 5.81. The quantitative estimate of drug-likeness (QED) is 0.158. The molecule has 2 aromatic rings. The van der Waals surface area contributed by atoms with Crippen LogP contribution in [0.3, 0.4) is 0 Å². The summed E-state index contributed by atoms with van der Waals surface area (Å²) < 4.78 is 26.9. The smallest absolute Gasteiger partial charge is 0.336 e. The molecule has 0 saturated heterocycles. The van der Waals surface area contributed by atoms with Gasteiger partial charge in [0, 0.05) is 45.4 Å². The van der Waals surface area contributed by atoms with Gasteiger partial charge in [0.25, 0.3) is 0 Å². The van der Waals surface area contributed by atoms with Crippen molar-refractivity contribution in [3.63, 3.8) is 0 Å². The number of carbonyl (C=O) groups is 3. The first-order chi connectivity index (χ1) is 18.6. The van der Waals surface area contributed by atoms with Crippen LogP contribution in [0.15, 0.2) is 56.8 Å². The van der Waals surface area contributed by atoms with Crippen molar-refractivity contribution in [2.75, 3.05) is 6.61 Å². The summed E-state index contributed by atoms with van der Waals surface area (Å²) >= 11 is 0. The molecule has 0 amide bonds. The molecule has 2 atom stereocenters. The van der Waals surface area contributed by atoms with E-state index >= 15 is 0 Å². The van der Waals surface area contributed by atoms with Crippen LogP contribution in [0.1, 0.15) is 67.7 Å². The molecule has 0 unspecified atom stereocenters. The zero-order chi connectivity index (χ0) is 30.0. The normalized spacial score (nSPS) is 13.9. The Morgan fingerprint density at radius 1 is 0.950 bits per heavy atom. The van der Waals surface area contributed by atoms with E-state index in [0.29, 0.717) is 17.6 Å². The van der Waals surface area contributed by atoms with Gasteiger partial charge in [-0.15, -0.1) is 0 Å². The Morgan fingerprint density at radius 3 is 2.23 bits per heavy atom. The number of benzene rings is 1. The number of hydrogen-bond donors (Lipinski definition) is 1. The molecule has 40 heavy (non-hydrogen) atoms. The number of carbonyl (C=O) groups excluding carboxylic acids is 3. The Hall–Kier alpha value is -3.92. The van der Waals surface area contributed by atoms with Gasteiger partial charge in [0.15, 0.2) is 6.10 Å². The molecule has 0 spiro atoms. The minimum atomic E-state index is -1.42. The second kappa shape index (κ2) is 14.5. The van der Waals surface area contributed by atoms with Crippen molar-refractivity contribution < 1.29 is 42.9 Å². The number of aliphatic hydroxyl groups is 1. The van der Waals surface area contributed by atoms with Crippen LogP contribution in [0.4, 0.5) is 0 Å². The maximum absolute atomic E-state index is 11.7. The van der Waals surface area contributed by atoms with Crippen LogP contribution in [0.25, 0.3) is 11.0 Å². The Balaban J connectivity index is 2.02. The second-order valence-corrected chi connectivity index (χ2v) is 10.2. The molecular formula is C30H38O10. The highest BCUT2D eigenvalue weighted by atomic mass is 16.6. The summed E-state index contributed by atoms with van der Waals surface area (Å²) in [6, 6.07) is 5.91. The van der Waals surface area contributed by atoms with Crippen molar-refractivity contribution in [2.24, 2.45) is 0 Å². The first-order valence-electron chi connectivity index (χ1n) is 12.9. The zero-order valence-electron chi connectivity index (χ0n) is 24.1. The number of esters is 3. The molecule has 1 aromatic carbocycles. The van der Waals surface area contributed by atoms with Gasteiger partial charge in [-0.3, -0.25) is 14.4 Å². The van der Waals surface area contributed by atoms with E-state index in [2.05, 4.69) is 0 Å². The molecule has 0 bridgehead atoms. The third-order valence-electron chi connectivity index (χ3n) is 5.81. The van der Waals surface area contributed by atoms with Crippen molar-refractivity contribution in [2.45, 2.75) is 85.5 Å². The maximum atomic E-state index is 11.7. The lowest BCUT2D eigenvalue weighted by molar-refractivity contribution is -0.184. The number of ether oxygens (including phenoxy) is 4. The van der Waals surface area contributed by atoms with Gasteiger partial charge in [0.05, 0.1) is 11.0 Å². The molecule has 0 fully saturated rings. The molecule has 2 rings (SSSR count). The van der Waals surface area contributed by atoms with E-state index in [1.807, 2.05) is 26.0 Å². The van der Waals surface area contributed by atoms with Crippen LogP contribution in [0.2, 0.25) is 0 Å². The largest absolute Gasteiger partial charge is 0.489 e. The van der Waals surface area contributed by atoms with E-state index in [-0.39, 0.29) is 24.4 Å². The minimum Gasteiger partial charge on any atom is -0.489 e.